The van der Waals surface area contributed by atoms with E-state index in [-0.39, 0.29) is 12.3 Å². The quantitative estimate of drug-likeness (QED) is 0.680. The summed E-state index contributed by atoms with van der Waals surface area (Å²) in [6.07, 6.45) is 2.12. The molecule has 0 amide bonds. The van der Waals surface area contributed by atoms with E-state index in [2.05, 4.69) is 4.98 Å². The molecule has 0 unspecified atom stereocenters. The van der Waals surface area contributed by atoms with Crippen LogP contribution in [0.15, 0.2) is 11.7 Å². The Morgan fingerprint density at radius 1 is 1.80 bits per heavy atom. The number of nitrogens with two attached hydrogens (primary N) is 1. The van der Waals surface area contributed by atoms with Gasteiger partial charge in [-0.05, 0) is 0 Å². The first-order valence-corrected chi connectivity index (χ1v) is 3.80. The van der Waals surface area contributed by atoms with E-state index in [1.54, 1.807) is 11.7 Å². The van der Waals surface area contributed by atoms with E-state index in [1.165, 1.54) is 11.3 Å². The highest BCUT2D eigenvalue weighted by Crippen LogP contribution is 2.05. The van der Waals surface area contributed by atoms with Crippen LogP contribution in [0.1, 0.15) is 4.88 Å². The van der Waals surface area contributed by atoms with Gasteiger partial charge >= 0.3 is 0 Å². The lowest BCUT2D eigenvalue weighted by Crippen LogP contribution is -2.14. The Morgan fingerprint density at radius 3 is 3.10 bits per heavy atom. The van der Waals surface area contributed by atoms with Gasteiger partial charge in [0.1, 0.15) is 0 Å². The Balaban J connectivity index is 2.48. The highest BCUT2D eigenvalue weighted by atomic mass is 32.1. The third-order valence-electron chi connectivity index (χ3n) is 1.08. The first-order chi connectivity index (χ1) is 4.83. The molecular formula is C6H8N2OS. The fraction of sp³-hybridized carbons (Fsp3) is 0.333. The van der Waals surface area contributed by atoms with Gasteiger partial charge in [0.2, 0.25) is 0 Å². The highest BCUT2D eigenvalue weighted by Gasteiger charge is 2.00. The predicted octanol–water partition coefficient (Wildman–Crippen LogP) is 0.213. The summed E-state index contributed by atoms with van der Waals surface area (Å²) in [7, 11) is 0. The molecule has 1 aromatic heterocycles. The van der Waals surface area contributed by atoms with Crippen molar-refractivity contribution in [1.29, 1.82) is 0 Å². The molecule has 0 aliphatic heterocycles. The monoisotopic (exact) mass is 156 g/mol. The topological polar surface area (TPSA) is 56.0 Å². The van der Waals surface area contributed by atoms with Crippen molar-refractivity contribution < 1.29 is 4.79 Å². The Hall–Kier alpha value is -0.740. The summed E-state index contributed by atoms with van der Waals surface area (Å²) < 4.78 is 0. The van der Waals surface area contributed by atoms with Crippen molar-refractivity contribution in [3.63, 3.8) is 0 Å². The van der Waals surface area contributed by atoms with Gasteiger partial charge in [0.25, 0.3) is 0 Å². The summed E-state index contributed by atoms with van der Waals surface area (Å²) in [4.78, 5) is 15.5. The first-order valence-electron chi connectivity index (χ1n) is 2.92. The van der Waals surface area contributed by atoms with Gasteiger partial charge < -0.3 is 5.73 Å². The van der Waals surface area contributed by atoms with Gasteiger partial charge in [0, 0.05) is 17.5 Å². The largest absolute Gasteiger partial charge is 0.324 e. The maximum Gasteiger partial charge on any atom is 0.151 e. The lowest BCUT2D eigenvalue weighted by atomic mass is 10.3. The summed E-state index contributed by atoms with van der Waals surface area (Å²) in [5.41, 5.74) is 6.83. The first kappa shape index (κ1) is 7.37. The number of nitrogens with zero attached hydrogens (tertiary/aromatic N) is 1. The molecule has 4 heteroatoms. The SMILES string of the molecule is NCC(=O)Cc1cncs1. The number of Topliss-reactive ketones (excluding diaryl/α,β-unsaturated/α-hetero) is 1. The van der Waals surface area contributed by atoms with Crippen LogP contribution in [-0.2, 0) is 11.2 Å². The number of ketones is 1. The zero-order valence-electron chi connectivity index (χ0n) is 5.41. The molecule has 0 aliphatic rings. The second kappa shape index (κ2) is 3.43. The maximum absolute atomic E-state index is 10.7. The average molecular weight is 156 g/mol. The van der Waals surface area contributed by atoms with Gasteiger partial charge in [-0.2, -0.15) is 0 Å². The van der Waals surface area contributed by atoms with Gasteiger partial charge in [0.05, 0.1) is 12.1 Å². The molecule has 1 heterocycles. The standard InChI is InChI=1S/C6H8N2OS/c7-2-5(9)1-6-3-8-4-10-6/h3-4H,1-2,7H2. The molecule has 2 N–H and O–H groups in total. The number of thiazole rings is 1. The van der Waals surface area contributed by atoms with Crippen LogP contribution in [0.3, 0.4) is 0 Å². The van der Waals surface area contributed by atoms with Gasteiger partial charge in [-0.25, -0.2) is 0 Å². The normalized spacial score (nSPS) is 9.70. The molecular weight excluding hydrogens is 148 g/mol. The second-order valence-corrected chi connectivity index (χ2v) is 2.86. The van der Waals surface area contributed by atoms with Gasteiger partial charge in [-0.15, -0.1) is 11.3 Å². The zero-order valence-corrected chi connectivity index (χ0v) is 6.23. The van der Waals surface area contributed by atoms with Crippen LogP contribution in [0.2, 0.25) is 0 Å². The highest BCUT2D eigenvalue weighted by molar-refractivity contribution is 7.09. The minimum atomic E-state index is 0.0595. The van der Waals surface area contributed by atoms with Crippen molar-refractivity contribution in [2.24, 2.45) is 5.73 Å². The summed E-state index contributed by atoms with van der Waals surface area (Å²) in [6, 6.07) is 0. The molecule has 0 aliphatic carbocycles. The molecule has 0 radical (unpaired) electrons. The molecule has 0 saturated carbocycles. The van der Waals surface area contributed by atoms with E-state index in [1.807, 2.05) is 0 Å². The van der Waals surface area contributed by atoms with Crippen molar-refractivity contribution in [1.82, 2.24) is 4.98 Å². The average Bonchev–Trinajstić information content (AvgIpc) is 2.40. The minimum Gasteiger partial charge on any atom is -0.324 e. The second-order valence-electron chi connectivity index (χ2n) is 1.89. The number of aromatic nitrogens is 1. The fourth-order valence-electron chi connectivity index (χ4n) is 0.596. The number of hydrogen-bond donors (Lipinski definition) is 1. The minimum absolute atomic E-state index is 0.0595. The summed E-state index contributed by atoms with van der Waals surface area (Å²) in [5, 5.41) is 0. The third kappa shape index (κ3) is 1.89. The molecule has 10 heavy (non-hydrogen) atoms. The van der Waals surface area contributed by atoms with Crippen LogP contribution < -0.4 is 5.73 Å². The Kier molecular flexibility index (Phi) is 2.53. The van der Waals surface area contributed by atoms with E-state index in [9.17, 15) is 4.79 Å². The molecule has 1 rings (SSSR count). The predicted molar refractivity (Wildman–Crippen MR) is 39.9 cm³/mol. The van der Waals surface area contributed by atoms with Crippen LogP contribution >= 0.6 is 11.3 Å². The lowest BCUT2D eigenvalue weighted by Gasteiger charge is -1.90. The summed E-state index contributed by atoms with van der Waals surface area (Å²) in [6.45, 7) is 0.123. The Morgan fingerprint density at radius 2 is 2.60 bits per heavy atom. The van der Waals surface area contributed by atoms with Crippen LogP contribution in [0.4, 0.5) is 0 Å². The summed E-state index contributed by atoms with van der Waals surface area (Å²) >= 11 is 1.48. The van der Waals surface area contributed by atoms with Crippen LogP contribution in [-0.4, -0.2) is 17.3 Å². The van der Waals surface area contributed by atoms with Crippen molar-refractivity contribution in [3.8, 4) is 0 Å². The summed E-state index contributed by atoms with van der Waals surface area (Å²) in [5.74, 6) is 0.0595. The molecule has 0 saturated heterocycles. The van der Waals surface area contributed by atoms with Gasteiger partial charge in [0.15, 0.2) is 5.78 Å². The van der Waals surface area contributed by atoms with Crippen molar-refractivity contribution >= 4 is 17.1 Å². The van der Waals surface area contributed by atoms with Crippen molar-refractivity contribution in [3.05, 3.63) is 16.6 Å². The molecule has 3 nitrogen and oxygen atoms in total. The van der Waals surface area contributed by atoms with Crippen LogP contribution in [0.5, 0.6) is 0 Å². The van der Waals surface area contributed by atoms with E-state index < -0.39 is 0 Å². The molecule has 0 bridgehead atoms. The molecule has 0 fully saturated rings. The third-order valence-corrected chi connectivity index (χ3v) is 1.86. The van der Waals surface area contributed by atoms with Crippen LogP contribution in [0, 0.1) is 0 Å². The van der Waals surface area contributed by atoms with Crippen molar-refractivity contribution in [2.45, 2.75) is 6.42 Å². The molecule has 0 atom stereocenters. The molecule has 1 aromatic rings. The maximum atomic E-state index is 10.7. The van der Waals surface area contributed by atoms with Crippen LogP contribution in [0.25, 0.3) is 0 Å². The molecule has 0 aromatic carbocycles. The smallest absolute Gasteiger partial charge is 0.151 e. The number of rotatable bonds is 3. The molecule has 54 valence electrons. The lowest BCUT2D eigenvalue weighted by molar-refractivity contribution is -0.117. The van der Waals surface area contributed by atoms with E-state index in [0.717, 1.165) is 4.88 Å². The van der Waals surface area contributed by atoms with E-state index >= 15 is 0 Å². The van der Waals surface area contributed by atoms with Gasteiger partial charge in [-0.3, -0.25) is 9.78 Å². The fourth-order valence-corrected chi connectivity index (χ4v) is 1.22. The number of carbonyl (C=O) groups is 1. The Labute approximate surface area is 62.9 Å². The number of hydrogen-bond acceptors (Lipinski definition) is 4. The Bertz CT molecular complexity index is 208. The zero-order chi connectivity index (χ0) is 7.40. The van der Waals surface area contributed by atoms with E-state index in [0.29, 0.717) is 6.42 Å². The van der Waals surface area contributed by atoms with Crippen molar-refractivity contribution in [2.75, 3.05) is 6.54 Å². The van der Waals surface area contributed by atoms with Gasteiger partial charge in [-0.1, -0.05) is 0 Å². The van der Waals surface area contributed by atoms with E-state index in [4.69, 9.17) is 5.73 Å². The molecule has 0 spiro atoms. The number of carbonyl (C=O) groups excluding carboxylic acids is 1.